The van der Waals surface area contributed by atoms with Crippen LogP contribution in [0, 0.1) is 0 Å². The number of likely N-dealkylation sites (N-methyl/N-ethyl adjacent to an activating group) is 2. The Morgan fingerprint density at radius 2 is 1.61 bits per heavy atom. The Balaban J connectivity index is 2.34. The Bertz CT molecular complexity index is 593. The number of carbonyl (C=O) groups is 2. The molecule has 0 aromatic rings. The van der Waals surface area contributed by atoms with Gasteiger partial charge in [-0.25, -0.2) is 0 Å². The summed E-state index contributed by atoms with van der Waals surface area (Å²) in [5.74, 6) is -0.0943. The molecule has 0 spiro atoms. The van der Waals surface area contributed by atoms with Crippen LogP contribution in [0.1, 0.15) is 48.0 Å². The molecule has 1 heterocycles. The second kappa shape index (κ2) is 14.4. The van der Waals surface area contributed by atoms with Crippen LogP contribution in [-0.2, 0) is 9.59 Å². The summed E-state index contributed by atoms with van der Waals surface area (Å²) in [5, 5.41) is 5.98. The zero-order valence-electron chi connectivity index (χ0n) is 20.6. The molecule has 7 nitrogen and oxygen atoms in total. The fourth-order valence-corrected chi connectivity index (χ4v) is 3.49. The molecule has 0 aliphatic carbocycles. The van der Waals surface area contributed by atoms with E-state index in [-0.39, 0.29) is 23.4 Å². The number of nitrogens with zero attached hydrogens (tertiary/aromatic N) is 3. The van der Waals surface area contributed by atoms with Crippen LogP contribution in [0.15, 0.2) is 24.3 Å². The maximum Gasteiger partial charge on any atom is 0.244 e. The molecule has 2 amide bonds. The highest BCUT2D eigenvalue weighted by Gasteiger charge is 2.20. The Kier molecular flexibility index (Phi) is 12.7. The van der Waals surface area contributed by atoms with Crippen molar-refractivity contribution in [1.82, 2.24) is 25.3 Å². The van der Waals surface area contributed by atoms with Crippen molar-refractivity contribution in [2.75, 3.05) is 58.9 Å². The average molecular weight is 436 g/mol. The summed E-state index contributed by atoms with van der Waals surface area (Å²) >= 11 is 0. The molecule has 0 aromatic carbocycles. The number of piperazine rings is 1. The van der Waals surface area contributed by atoms with Crippen molar-refractivity contribution in [1.29, 1.82) is 0 Å². The molecule has 0 radical (unpaired) electrons. The van der Waals surface area contributed by atoms with E-state index in [1.165, 1.54) is 0 Å². The highest BCUT2D eigenvalue weighted by atomic mass is 16.2. The van der Waals surface area contributed by atoms with Crippen molar-refractivity contribution < 1.29 is 9.59 Å². The van der Waals surface area contributed by atoms with Gasteiger partial charge in [0.25, 0.3) is 0 Å². The Hall–Kier alpha value is -1.70. The van der Waals surface area contributed by atoms with Crippen LogP contribution in [-0.4, -0.2) is 97.0 Å². The van der Waals surface area contributed by atoms with E-state index >= 15 is 0 Å². The molecule has 1 rings (SSSR count). The molecule has 1 aliphatic rings. The van der Waals surface area contributed by atoms with E-state index in [0.29, 0.717) is 0 Å². The van der Waals surface area contributed by atoms with E-state index in [0.717, 1.165) is 65.3 Å². The summed E-state index contributed by atoms with van der Waals surface area (Å²) in [7, 11) is 0. The molecule has 1 saturated heterocycles. The first kappa shape index (κ1) is 27.3. The van der Waals surface area contributed by atoms with Crippen molar-refractivity contribution >= 4 is 11.8 Å². The summed E-state index contributed by atoms with van der Waals surface area (Å²) in [4.78, 5) is 31.2. The van der Waals surface area contributed by atoms with Crippen LogP contribution in [0.2, 0.25) is 0 Å². The van der Waals surface area contributed by atoms with Crippen LogP contribution >= 0.6 is 0 Å². The molecular weight excluding hydrogens is 390 g/mol. The summed E-state index contributed by atoms with van der Waals surface area (Å²) in [6.45, 7) is 21.1. The lowest BCUT2D eigenvalue weighted by Crippen LogP contribution is -2.46. The van der Waals surface area contributed by atoms with Gasteiger partial charge in [-0.15, -0.1) is 0 Å². The minimum atomic E-state index is -0.291. The van der Waals surface area contributed by atoms with Gasteiger partial charge in [0.05, 0.1) is 0 Å². The Morgan fingerprint density at radius 3 is 2.19 bits per heavy atom. The topological polar surface area (TPSA) is 67.9 Å². The highest BCUT2D eigenvalue weighted by Crippen LogP contribution is 2.10. The van der Waals surface area contributed by atoms with Crippen LogP contribution in [0.3, 0.4) is 0 Å². The summed E-state index contributed by atoms with van der Waals surface area (Å²) in [6, 6.07) is 0.143. The predicted molar refractivity (Wildman–Crippen MR) is 129 cm³/mol. The van der Waals surface area contributed by atoms with Gasteiger partial charge in [-0.3, -0.25) is 19.4 Å². The van der Waals surface area contributed by atoms with Gasteiger partial charge in [-0.1, -0.05) is 26.0 Å². The third-order valence-corrected chi connectivity index (χ3v) is 5.57. The van der Waals surface area contributed by atoms with Gasteiger partial charge in [0.2, 0.25) is 11.8 Å². The van der Waals surface area contributed by atoms with Crippen LogP contribution in [0.4, 0.5) is 0 Å². The molecule has 0 saturated carbocycles. The van der Waals surface area contributed by atoms with E-state index in [9.17, 15) is 9.59 Å². The van der Waals surface area contributed by atoms with E-state index in [4.69, 9.17) is 0 Å². The van der Waals surface area contributed by atoms with Gasteiger partial charge in [-0.2, -0.15) is 0 Å². The largest absolute Gasteiger partial charge is 0.350 e. The molecule has 0 aromatic heterocycles. The molecule has 7 heteroatoms. The third-order valence-electron chi connectivity index (χ3n) is 5.57. The van der Waals surface area contributed by atoms with Crippen molar-refractivity contribution in [3.8, 4) is 0 Å². The third kappa shape index (κ3) is 12.7. The molecule has 2 N–H and O–H groups in total. The fourth-order valence-electron chi connectivity index (χ4n) is 3.49. The second-order valence-corrected chi connectivity index (χ2v) is 9.22. The lowest BCUT2D eigenvalue weighted by atomic mass is 10.00. The fraction of sp³-hybridized carbons (Fsp3) is 0.750. The van der Waals surface area contributed by atoms with Gasteiger partial charge in [0.15, 0.2) is 0 Å². The zero-order valence-corrected chi connectivity index (χ0v) is 20.6. The highest BCUT2D eigenvalue weighted by molar-refractivity contribution is 5.88. The average Bonchev–Trinajstić information content (AvgIpc) is 2.70. The minimum Gasteiger partial charge on any atom is -0.350 e. The molecular formula is C24H45N5O2. The summed E-state index contributed by atoms with van der Waals surface area (Å²) in [6.07, 6.45) is 7.98. The predicted octanol–water partition coefficient (Wildman–Crippen LogP) is 1.87. The molecule has 0 bridgehead atoms. The van der Waals surface area contributed by atoms with Crippen molar-refractivity contribution in [2.24, 2.45) is 0 Å². The first-order chi connectivity index (χ1) is 14.6. The first-order valence-electron chi connectivity index (χ1n) is 11.8. The van der Waals surface area contributed by atoms with Crippen molar-refractivity contribution in [3.05, 3.63) is 24.3 Å². The van der Waals surface area contributed by atoms with Gasteiger partial charge in [-0.05, 0) is 47.2 Å². The van der Waals surface area contributed by atoms with Crippen LogP contribution in [0.5, 0.6) is 0 Å². The number of carbonyl (C=O) groups excluding carboxylic acids is 2. The van der Waals surface area contributed by atoms with Gasteiger partial charge < -0.3 is 15.5 Å². The van der Waals surface area contributed by atoms with Crippen molar-refractivity contribution in [3.63, 3.8) is 0 Å². The second-order valence-electron chi connectivity index (χ2n) is 9.22. The van der Waals surface area contributed by atoms with Crippen LogP contribution in [0.25, 0.3) is 0 Å². The monoisotopic (exact) mass is 435 g/mol. The minimum absolute atomic E-state index is 0.0366. The maximum absolute atomic E-state index is 12.4. The van der Waals surface area contributed by atoms with Gasteiger partial charge in [0, 0.05) is 69.5 Å². The Labute approximate surface area is 189 Å². The summed E-state index contributed by atoms with van der Waals surface area (Å²) < 4.78 is 0. The van der Waals surface area contributed by atoms with E-state index in [1.54, 1.807) is 12.2 Å². The van der Waals surface area contributed by atoms with E-state index < -0.39 is 0 Å². The number of hydrogen-bond donors (Lipinski definition) is 2. The normalized spacial score (nSPS) is 16.6. The number of hydrogen-bond acceptors (Lipinski definition) is 5. The smallest absolute Gasteiger partial charge is 0.244 e. The lowest BCUT2D eigenvalue weighted by Gasteiger charge is -2.33. The van der Waals surface area contributed by atoms with Crippen LogP contribution < -0.4 is 10.6 Å². The standard InChI is InChI=1S/C24H45N5O2/c1-7-27(14-9-11-22(30)25-21(3)4)16-13-24(5,6)26-23(31)12-10-15-29-19-17-28(8-2)18-20-29/h9-12,21H,7-8,13-20H2,1-6H3,(H,25,30)(H,26,31)/b11-9+,12-10+. The Morgan fingerprint density at radius 1 is 1.00 bits per heavy atom. The summed E-state index contributed by atoms with van der Waals surface area (Å²) in [5.41, 5.74) is -0.291. The lowest BCUT2D eigenvalue weighted by molar-refractivity contribution is -0.118. The maximum atomic E-state index is 12.4. The number of amides is 2. The SMILES string of the molecule is CCN(C/C=C/C(=O)NC(C)C)CCC(C)(C)NC(=O)/C=C/CN1CCN(CC)CC1. The molecule has 31 heavy (non-hydrogen) atoms. The number of rotatable bonds is 13. The molecule has 1 fully saturated rings. The first-order valence-corrected chi connectivity index (χ1v) is 11.8. The van der Waals surface area contributed by atoms with Gasteiger partial charge >= 0.3 is 0 Å². The molecule has 178 valence electrons. The van der Waals surface area contributed by atoms with Crippen molar-refractivity contribution in [2.45, 2.75) is 59.5 Å². The molecule has 1 aliphatic heterocycles. The van der Waals surface area contributed by atoms with Gasteiger partial charge in [0.1, 0.15) is 0 Å². The number of nitrogens with one attached hydrogen (secondary N) is 2. The molecule has 0 unspecified atom stereocenters. The van der Waals surface area contributed by atoms with E-state index in [2.05, 4.69) is 53.0 Å². The van der Waals surface area contributed by atoms with E-state index in [1.807, 2.05) is 26.0 Å². The zero-order chi connectivity index (χ0) is 23.3. The molecule has 0 atom stereocenters. The quantitative estimate of drug-likeness (QED) is 0.432.